The summed E-state index contributed by atoms with van der Waals surface area (Å²) in [4.78, 5) is 11.2. The van der Waals surface area contributed by atoms with Gasteiger partial charge in [-0.25, -0.2) is 4.68 Å². The van der Waals surface area contributed by atoms with Gasteiger partial charge in [-0.2, -0.15) is 0 Å². The lowest BCUT2D eigenvalue weighted by molar-refractivity contribution is -0.141. The molecule has 100 valence electrons. The first-order chi connectivity index (χ1) is 8.63. The Labute approximate surface area is 109 Å². The normalized spacial score (nSPS) is 17.9. The molecule has 1 fully saturated rings. The second-order valence-electron chi connectivity index (χ2n) is 4.42. The summed E-state index contributed by atoms with van der Waals surface area (Å²) in [5.74, 6) is 0.151. The maximum Gasteiger partial charge on any atom is 0.327 e. The zero-order chi connectivity index (χ0) is 13.0. The van der Waals surface area contributed by atoms with Crippen LogP contribution < -0.4 is 0 Å². The number of methoxy groups -OCH3 is 1. The molecular formula is C10H16N4O3S. The van der Waals surface area contributed by atoms with Gasteiger partial charge in [0.2, 0.25) is 5.16 Å². The number of carbonyl (C=O) groups excluding carboxylic acids is 1. The van der Waals surface area contributed by atoms with E-state index in [1.807, 2.05) is 0 Å². The molecule has 1 saturated carbocycles. The summed E-state index contributed by atoms with van der Waals surface area (Å²) in [6.07, 6.45) is 3.76. The summed E-state index contributed by atoms with van der Waals surface area (Å²) in [5, 5.41) is 21.8. The Hall–Kier alpha value is -1.15. The molecule has 0 amide bonds. The molecule has 0 atom stereocenters. The van der Waals surface area contributed by atoms with E-state index in [9.17, 15) is 9.90 Å². The molecule has 1 heterocycles. The van der Waals surface area contributed by atoms with Crippen molar-refractivity contribution in [2.75, 3.05) is 12.9 Å². The third-order valence-electron chi connectivity index (χ3n) is 3.01. The highest BCUT2D eigenvalue weighted by atomic mass is 32.2. The Kier molecular flexibility index (Phi) is 4.18. The van der Waals surface area contributed by atoms with E-state index in [2.05, 4.69) is 20.3 Å². The molecule has 0 saturated heterocycles. The molecule has 18 heavy (non-hydrogen) atoms. The number of rotatable bonds is 5. The fourth-order valence-electron chi connectivity index (χ4n) is 1.96. The van der Waals surface area contributed by atoms with Crippen molar-refractivity contribution in [1.82, 2.24) is 20.2 Å². The van der Waals surface area contributed by atoms with Gasteiger partial charge < -0.3 is 9.84 Å². The van der Waals surface area contributed by atoms with Crippen LogP contribution in [0.3, 0.4) is 0 Å². The Morgan fingerprint density at radius 1 is 1.56 bits per heavy atom. The van der Waals surface area contributed by atoms with E-state index in [1.54, 1.807) is 0 Å². The number of ether oxygens (including phenoxy) is 1. The van der Waals surface area contributed by atoms with Crippen molar-refractivity contribution in [2.24, 2.45) is 0 Å². The van der Waals surface area contributed by atoms with Crippen LogP contribution >= 0.6 is 11.8 Å². The van der Waals surface area contributed by atoms with Crippen LogP contribution in [0.1, 0.15) is 25.7 Å². The van der Waals surface area contributed by atoms with Crippen LogP contribution in [0.4, 0.5) is 0 Å². The van der Waals surface area contributed by atoms with Gasteiger partial charge in [0.05, 0.1) is 12.7 Å². The van der Waals surface area contributed by atoms with E-state index >= 15 is 0 Å². The van der Waals surface area contributed by atoms with Crippen molar-refractivity contribution >= 4 is 17.7 Å². The van der Waals surface area contributed by atoms with Crippen LogP contribution in [0.2, 0.25) is 0 Å². The molecular weight excluding hydrogens is 256 g/mol. The quantitative estimate of drug-likeness (QED) is 0.606. The first-order valence-electron chi connectivity index (χ1n) is 5.81. The van der Waals surface area contributed by atoms with Gasteiger partial charge in [-0.1, -0.05) is 24.6 Å². The minimum atomic E-state index is -0.618. The van der Waals surface area contributed by atoms with E-state index < -0.39 is 11.6 Å². The second-order valence-corrected chi connectivity index (χ2v) is 5.36. The van der Waals surface area contributed by atoms with Crippen molar-refractivity contribution in [3.05, 3.63) is 0 Å². The minimum absolute atomic E-state index is 0.00966. The highest BCUT2D eigenvalue weighted by Gasteiger charge is 2.31. The predicted molar refractivity (Wildman–Crippen MR) is 64.0 cm³/mol. The Bertz CT molecular complexity index is 417. The average Bonchev–Trinajstić information content (AvgIpc) is 2.96. The molecule has 0 spiro atoms. The maximum atomic E-state index is 11.2. The predicted octanol–water partition coefficient (Wildman–Crippen LogP) is 0.243. The van der Waals surface area contributed by atoms with E-state index in [1.165, 1.54) is 23.6 Å². The van der Waals surface area contributed by atoms with E-state index in [0.29, 0.717) is 10.9 Å². The van der Waals surface area contributed by atoms with E-state index in [-0.39, 0.29) is 6.54 Å². The molecule has 8 heteroatoms. The summed E-state index contributed by atoms with van der Waals surface area (Å²) in [6.45, 7) is -0.00966. The fourth-order valence-corrected chi connectivity index (χ4v) is 2.99. The molecule has 0 unspecified atom stereocenters. The zero-order valence-corrected chi connectivity index (χ0v) is 11.0. The summed E-state index contributed by atoms with van der Waals surface area (Å²) in [5.41, 5.74) is -0.618. The van der Waals surface area contributed by atoms with Crippen LogP contribution in [0.25, 0.3) is 0 Å². The summed E-state index contributed by atoms with van der Waals surface area (Å²) >= 11 is 1.37. The number of thioether (sulfide) groups is 1. The number of carbonyl (C=O) groups is 1. The van der Waals surface area contributed by atoms with Gasteiger partial charge in [0.15, 0.2) is 0 Å². The van der Waals surface area contributed by atoms with Crippen molar-refractivity contribution in [3.63, 3.8) is 0 Å². The van der Waals surface area contributed by atoms with Gasteiger partial charge >= 0.3 is 5.97 Å². The Morgan fingerprint density at radius 2 is 2.28 bits per heavy atom. The molecule has 1 aliphatic carbocycles. The largest absolute Gasteiger partial charge is 0.468 e. The van der Waals surface area contributed by atoms with Crippen LogP contribution in [0.5, 0.6) is 0 Å². The van der Waals surface area contributed by atoms with Crippen LogP contribution in [-0.2, 0) is 16.1 Å². The lowest BCUT2D eigenvalue weighted by Crippen LogP contribution is -2.27. The third kappa shape index (κ3) is 3.20. The molecule has 1 aromatic rings. The lowest BCUT2D eigenvalue weighted by atomic mass is 10.1. The molecule has 0 aromatic carbocycles. The SMILES string of the molecule is COC(=O)Cn1nnnc1SCC1(O)CCCC1. The van der Waals surface area contributed by atoms with Gasteiger partial charge in [-0.15, -0.1) is 5.10 Å². The summed E-state index contributed by atoms with van der Waals surface area (Å²) in [7, 11) is 1.32. The monoisotopic (exact) mass is 272 g/mol. The van der Waals surface area contributed by atoms with E-state index in [0.717, 1.165) is 25.7 Å². The number of esters is 1. The lowest BCUT2D eigenvalue weighted by Gasteiger charge is -2.20. The maximum absolute atomic E-state index is 11.2. The first kappa shape index (κ1) is 13.3. The molecule has 1 N–H and O–H groups in total. The Morgan fingerprint density at radius 3 is 2.94 bits per heavy atom. The number of nitrogens with zero attached hydrogens (tertiary/aromatic N) is 4. The number of tetrazole rings is 1. The van der Waals surface area contributed by atoms with Gasteiger partial charge in [0.1, 0.15) is 6.54 Å². The molecule has 2 rings (SSSR count). The van der Waals surface area contributed by atoms with Crippen molar-refractivity contribution in [1.29, 1.82) is 0 Å². The summed E-state index contributed by atoms with van der Waals surface area (Å²) < 4.78 is 5.95. The van der Waals surface area contributed by atoms with Crippen molar-refractivity contribution < 1.29 is 14.6 Å². The Balaban J connectivity index is 1.93. The van der Waals surface area contributed by atoms with Gasteiger partial charge in [-0.3, -0.25) is 4.79 Å². The molecule has 0 bridgehead atoms. The number of hydrogen-bond acceptors (Lipinski definition) is 7. The number of aliphatic hydroxyl groups is 1. The smallest absolute Gasteiger partial charge is 0.327 e. The topological polar surface area (TPSA) is 90.1 Å². The van der Waals surface area contributed by atoms with Crippen molar-refractivity contribution in [2.45, 2.75) is 43.0 Å². The average molecular weight is 272 g/mol. The fraction of sp³-hybridized carbons (Fsp3) is 0.800. The van der Waals surface area contributed by atoms with Crippen LogP contribution in [0.15, 0.2) is 5.16 Å². The third-order valence-corrected chi connectivity index (χ3v) is 4.24. The number of aromatic nitrogens is 4. The molecule has 7 nitrogen and oxygen atoms in total. The zero-order valence-electron chi connectivity index (χ0n) is 10.2. The number of hydrogen-bond donors (Lipinski definition) is 1. The molecule has 0 aliphatic heterocycles. The van der Waals surface area contributed by atoms with E-state index in [4.69, 9.17) is 0 Å². The summed E-state index contributed by atoms with van der Waals surface area (Å²) in [6, 6.07) is 0. The molecule has 1 aliphatic rings. The van der Waals surface area contributed by atoms with Crippen LogP contribution in [-0.4, -0.2) is 49.7 Å². The highest BCUT2D eigenvalue weighted by molar-refractivity contribution is 7.99. The van der Waals surface area contributed by atoms with Gasteiger partial charge in [0, 0.05) is 5.75 Å². The first-order valence-corrected chi connectivity index (χ1v) is 6.80. The minimum Gasteiger partial charge on any atom is -0.468 e. The van der Waals surface area contributed by atoms with Crippen LogP contribution in [0, 0.1) is 0 Å². The van der Waals surface area contributed by atoms with Gasteiger partial charge in [0.25, 0.3) is 0 Å². The van der Waals surface area contributed by atoms with Gasteiger partial charge in [-0.05, 0) is 23.3 Å². The highest BCUT2D eigenvalue weighted by Crippen LogP contribution is 2.33. The second kappa shape index (κ2) is 5.66. The molecule has 1 aromatic heterocycles. The van der Waals surface area contributed by atoms with Crippen molar-refractivity contribution in [3.8, 4) is 0 Å². The standard InChI is InChI=1S/C10H16N4O3S/c1-17-8(15)6-14-9(11-12-13-14)18-7-10(16)4-2-3-5-10/h16H,2-7H2,1H3. The molecule has 0 radical (unpaired) electrons.